The van der Waals surface area contributed by atoms with Crippen LogP contribution in [0.15, 0.2) is 28.7 Å². The van der Waals surface area contributed by atoms with Crippen LogP contribution >= 0.6 is 15.9 Å². The Kier molecular flexibility index (Phi) is 3.63. The lowest BCUT2D eigenvalue weighted by Crippen LogP contribution is -2.33. The molecule has 102 valence electrons. The maximum Gasteiger partial charge on any atom is 0.223 e. The van der Waals surface area contributed by atoms with Gasteiger partial charge in [-0.1, -0.05) is 28.1 Å². The van der Waals surface area contributed by atoms with Crippen LogP contribution < -0.4 is 10.6 Å². The van der Waals surface area contributed by atoms with Gasteiger partial charge in [0.15, 0.2) is 0 Å². The number of rotatable bonds is 3. The van der Waals surface area contributed by atoms with Gasteiger partial charge in [-0.2, -0.15) is 0 Å². The van der Waals surface area contributed by atoms with E-state index in [0.717, 1.165) is 42.4 Å². The SMILES string of the molecule is O=C(NCc1cccc(Br)c1)C1CC12CCNCC2. The Balaban J connectivity index is 1.53. The molecule has 0 bridgehead atoms. The maximum absolute atomic E-state index is 12.2. The van der Waals surface area contributed by atoms with E-state index in [-0.39, 0.29) is 11.8 Å². The van der Waals surface area contributed by atoms with Crippen molar-refractivity contribution in [3.8, 4) is 0 Å². The summed E-state index contributed by atoms with van der Waals surface area (Å²) in [4.78, 5) is 12.2. The lowest BCUT2D eigenvalue weighted by atomic mass is 9.92. The average Bonchev–Trinajstić information content (AvgIpc) is 3.10. The second kappa shape index (κ2) is 5.25. The molecule has 2 N–H and O–H groups in total. The van der Waals surface area contributed by atoms with Crippen LogP contribution in [0.5, 0.6) is 0 Å². The van der Waals surface area contributed by atoms with Crippen molar-refractivity contribution < 1.29 is 4.79 Å². The van der Waals surface area contributed by atoms with Crippen molar-refractivity contribution in [2.24, 2.45) is 11.3 Å². The van der Waals surface area contributed by atoms with E-state index < -0.39 is 0 Å². The highest BCUT2D eigenvalue weighted by Crippen LogP contribution is 2.58. The monoisotopic (exact) mass is 322 g/mol. The minimum Gasteiger partial charge on any atom is -0.352 e. The zero-order chi connectivity index (χ0) is 13.3. The Morgan fingerprint density at radius 2 is 2.21 bits per heavy atom. The molecule has 3 nitrogen and oxygen atoms in total. The van der Waals surface area contributed by atoms with Crippen LogP contribution in [-0.4, -0.2) is 19.0 Å². The van der Waals surface area contributed by atoms with Crippen molar-refractivity contribution in [1.82, 2.24) is 10.6 Å². The van der Waals surface area contributed by atoms with Crippen LogP contribution in [0.4, 0.5) is 0 Å². The molecule has 1 atom stereocenters. The predicted molar refractivity (Wildman–Crippen MR) is 78.6 cm³/mol. The number of carbonyl (C=O) groups excluding carboxylic acids is 1. The fourth-order valence-corrected chi connectivity index (χ4v) is 3.60. The molecule has 4 heteroatoms. The normalized spacial score (nSPS) is 24.2. The van der Waals surface area contributed by atoms with Crippen molar-refractivity contribution in [2.75, 3.05) is 13.1 Å². The van der Waals surface area contributed by atoms with Crippen LogP contribution in [0, 0.1) is 11.3 Å². The first-order valence-corrected chi connectivity index (χ1v) is 7.72. The highest BCUT2D eigenvalue weighted by molar-refractivity contribution is 9.10. The van der Waals surface area contributed by atoms with Crippen LogP contribution in [0.1, 0.15) is 24.8 Å². The molecule has 2 fully saturated rings. The van der Waals surface area contributed by atoms with Gasteiger partial charge in [0.2, 0.25) is 5.91 Å². The molecule has 1 amide bonds. The number of benzene rings is 1. The van der Waals surface area contributed by atoms with Gasteiger partial charge in [-0.3, -0.25) is 4.79 Å². The number of hydrogen-bond acceptors (Lipinski definition) is 2. The molecule has 2 aliphatic rings. The van der Waals surface area contributed by atoms with Gasteiger partial charge in [-0.05, 0) is 55.5 Å². The van der Waals surface area contributed by atoms with Gasteiger partial charge in [0, 0.05) is 16.9 Å². The third-order valence-corrected chi connectivity index (χ3v) is 4.95. The molecule has 0 aromatic heterocycles. The highest BCUT2D eigenvalue weighted by atomic mass is 79.9. The van der Waals surface area contributed by atoms with E-state index in [4.69, 9.17) is 0 Å². The third-order valence-electron chi connectivity index (χ3n) is 4.46. The Bertz CT molecular complexity index is 483. The molecule has 19 heavy (non-hydrogen) atoms. The fourth-order valence-electron chi connectivity index (χ4n) is 3.15. The lowest BCUT2D eigenvalue weighted by Gasteiger charge is -2.23. The minimum atomic E-state index is 0.238. The first-order chi connectivity index (χ1) is 9.20. The molecular formula is C15H19BrN2O. The van der Waals surface area contributed by atoms with Crippen molar-refractivity contribution in [1.29, 1.82) is 0 Å². The zero-order valence-corrected chi connectivity index (χ0v) is 12.5. The summed E-state index contributed by atoms with van der Waals surface area (Å²) in [6.45, 7) is 2.76. The standard InChI is InChI=1S/C15H19BrN2O/c16-12-3-1-2-11(8-12)10-18-14(19)13-9-15(13)4-6-17-7-5-15/h1-3,8,13,17H,4-7,9-10H2,(H,18,19). The molecule has 1 heterocycles. The summed E-state index contributed by atoms with van der Waals surface area (Å²) < 4.78 is 1.06. The number of carbonyl (C=O) groups is 1. The number of halogens is 1. The Hall–Kier alpha value is -0.870. The summed E-state index contributed by atoms with van der Waals surface area (Å²) >= 11 is 3.45. The Morgan fingerprint density at radius 3 is 2.95 bits per heavy atom. The van der Waals surface area contributed by atoms with Crippen LogP contribution in [-0.2, 0) is 11.3 Å². The first-order valence-electron chi connectivity index (χ1n) is 6.92. The molecule has 1 aliphatic carbocycles. The fraction of sp³-hybridized carbons (Fsp3) is 0.533. The van der Waals surface area contributed by atoms with Gasteiger partial charge in [0.05, 0.1) is 0 Å². The molecule has 1 aromatic rings. The van der Waals surface area contributed by atoms with E-state index in [1.807, 2.05) is 24.3 Å². The van der Waals surface area contributed by atoms with E-state index in [9.17, 15) is 4.79 Å². The summed E-state index contributed by atoms with van der Waals surface area (Å²) in [5.41, 5.74) is 1.47. The Labute approximate surface area is 122 Å². The second-order valence-electron chi connectivity index (χ2n) is 5.72. The van der Waals surface area contributed by atoms with Crippen LogP contribution in [0.3, 0.4) is 0 Å². The molecule has 1 aliphatic heterocycles. The van der Waals surface area contributed by atoms with Crippen LogP contribution in [0.2, 0.25) is 0 Å². The van der Waals surface area contributed by atoms with Gasteiger partial charge in [-0.25, -0.2) is 0 Å². The van der Waals surface area contributed by atoms with E-state index in [0.29, 0.717) is 12.0 Å². The first kappa shape index (κ1) is 13.1. The summed E-state index contributed by atoms with van der Waals surface area (Å²) in [6.07, 6.45) is 3.39. The molecular weight excluding hydrogens is 304 g/mol. The van der Waals surface area contributed by atoms with Crippen molar-refractivity contribution in [3.05, 3.63) is 34.3 Å². The smallest absolute Gasteiger partial charge is 0.223 e. The Morgan fingerprint density at radius 1 is 1.42 bits per heavy atom. The minimum absolute atomic E-state index is 0.238. The van der Waals surface area contributed by atoms with Gasteiger partial charge < -0.3 is 10.6 Å². The maximum atomic E-state index is 12.2. The summed E-state index contributed by atoms with van der Waals surface area (Å²) in [5, 5.41) is 6.45. The van der Waals surface area contributed by atoms with E-state index >= 15 is 0 Å². The molecule has 1 saturated heterocycles. The molecule has 1 saturated carbocycles. The van der Waals surface area contributed by atoms with Gasteiger partial charge in [-0.15, -0.1) is 0 Å². The van der Waals surface area contributed by atoms with Crippen molar-refractivity contribution in [3.63, 3.8) is 0 Å². The van der Waals surface area contributed by atoms with Crippen molar-refractivity contribution >= 4 is 21.8 Å². The summed E-state index contributed by atoms with van der Waals surface area (Å²) in [6, 6.07) is 8.08. The molecule has 1 unspecified atom stereocenters. The number of piperidine rings is 1. The average molecular weight is 323 g/mol. The van der Waals surface area contributed by atoms with Gasteiger partial charge >= 0.3 is 0 Å². The molecule has 0 radical (unpaired) electrons. The molecule has 1 spiro atoms. The number of amides is 1. The lowest BCUT2D eigenvalue weighted by molar-refractivity contribution is -0.123. The third kappa shape index (κ3) is 2.84. The van der Waals surface area contributed by atoms with Crippen LogP contribution in [0.25, 0.3) is 0 Å². The second-order valence-corrected chi connectivity index (χ2v) is 6.63. The largest absolute Gasteiger partial charge is 0.352 e. The van der Waals surface area contributed by atoms with E-state index in [1.165, 1.54) is 0 Å². The van der Waals surface area contributed by atoms with Gasteiger partial charge in [0.1, 0.15) is 0 Å². The summed E-state index contributed by atoms with van der Waals surface area (Å²) in [7, 11) is 0. The quantitative estimate of drug-likeness (QED) is 0.897. The van der Waals surface area contributed by atoms with E-state index in [2.05, 4.69) is 26.6 Å². The molecule has 3 rings (SSSR count). The highest BCUT2D eigenvalue weighted by Gasteiger charge is 2.57. The van der Waals surface area contributed by atoms with Gasteiger partial charge in [0.25, 0.3) is 0 Å². The number of nitrogens with one attached hydrogen (secondary N) is 2. The zero-order valence-electron chi connectivity index (χ0n) is 10.9. The predicted octanol–water partition coefficient (Wildman–Crippen LogP) is 2.46. The molecule has 1 aromatic carbocycles. The van der Waals surface area contributed by atoms with E-state index in [1.54, 1.807) is 0 Å². The topological polar surface area (TPSA) is 41.1 Å². The number of hydrogen-bond donors (Lipinski definition) is 2. The van der Waals surface area contributed by atoms with Crippen molar-refractivity contribution in [2.45, 2.75) is 25.8 Å². The summed E-state index contributed by atoms with van der Waals surface area (Å²) in [5.74, 6) is 0.489.